The van der Waals surface area contributed by atoms with Crippen molar-refractivity contribution < 1.29 is 71.3 Å². The van der Waals surface area contributed by atoms with Crippen molar-refractivity contribution in [3.8, 4) is 0 Å². The summed E-state index contributed by atoms with van der Waals surface area (Å²) in [6, 6.07) is -0.972. The average molecular weight is 531 g/mol. The standard InChI is InChI=1S/C20H38N2O11.H3N3/c1-7(23)15-12(26)11(25)13(27)19(32-15)31-9-5-4-8(21)16(10(9)24)33-18-14(28)17(22-3)20(2,29)6-30-18;1-3-2/h7-19,22-29H,4-6,21H2,1-3H3;(H3,1,2)/p+3/t7?,8-,9-,10+,11+,12+,13-,14-,15-,16+,17-,18-,19+,20+;/m1./s1. The smallest absolute Gasteiger partial charge is 0.190 e. The van der Waals surface area contributed by atoms with Crippen LogP contribution in [0.2, 0.25) is 0 Å². The van der Waals surface area contributed by atoms with Crippen LogP contribution in [0.4, 0.5) is 0 Å². The van der Waals surface area contributed by atoms with Crippen LogP contribution in [-0.2, 0) is 18.9 Å². The highest BCUT2D eigenvalue weighted by molar-refractivity contribution is 4.96. The molecule has 0 bridgehead atoms. The molecule has 212 valence electrons. The molecule has 3 fully saturated rings. The van der Waals surface area contributed by atoms with Crippen molar-refractivity contribution in [2.75, 3.05) is 13.7 Å². The minimum Gasteiger partial charge on any atom is -0.391 e. The second kappa shape index (κ2) is 13.1. The lowest BCUT2D eigenvalue weighted by atomic mass is 9.87. The van der Waals surface area contributed by atoms with Gasteiger partial charge in [0.15, 0.2) is 18.7 Å². The summed E-state index contributed by atoms with van der Waals surface area (Å²) in [6.07, 6.45) is -13.0. The average Bonchev–Trinajstić information content (AvgIpc) is 2.80. The van der Waals surface area contributed by atoms with Crippen LogP contribution in [0.15, 0.2) is 5.22 Å². The van der Waals surface area contributed by atoms with Crippen LogP contribution in [0.5, 0.6) is 0 Å². The molecule has 2 saturated heterocycles. The van der Waals surface area contributed by atoms with Crippen LogP contribution in [0, 0.1) is 0 Å². The molecule has 1 unspecified atom stereocenters. The van der Waals surface area contributed by atoms with Crippen molar-refractivity contribution in [2.45, 2.75) is 112 Å². The number of likely N-dealkylation sites (N-methyl/N-ethyl adjacent to an activating group) is 1. The zero-order chi connectivity index (χ0) is 27.4. The Morgan fingerprint density at radius 3 is 2.22 bits per heavy atom. The van der Waals surface area contributed by atoms with Gasteiger partial charge in [-0.1, -0.05) is 0 Å². The summed E-state index contributed by atoms with van der Waals surface area (Å²) in [7, 11) is 1.72. The van der Waals surface area contributed by atoms with Gasteiger partial charge < -0.3 is 65.7 Å². The monoisotopic (exact) mass is 530 g/mol. The van der Waals surface area contributed by atoms with Crippen molar-refractivity contribution in [1.82, 2.24) is 0 Å². The predicted molar refractivity (Wildman–Crippen MR) is 117 cm³/mol. The third-order valence-electron chi connectivity index (χ3n) is 6.95. The number of hydrogen-bond donors (Lipinski definition) is 11. The van der Waals surface area contributed by atoms with E-state index in [2.05, 4.69) is 22.3 Å². The third-order valence-corrected chi connectivity index (χ3v) is 6.95. The van der Waals surface area contributed by atoms with E-state index < -0.39 is 79.2 Å². The fraction of sp³-hybridized carbons (Fsp3) is 1.00. The third kappa shape index (κ3) is 6.84. The quantitative estimate of drug-likeness (QED) is 0.0867. The van der Waals surface area contributed by atoms with Crippen molar-refractivity contribution in [1.29, 1.82) is 0 Å². The van der Waals surface area contributed by atoms with Crippen LogP contribution in [-0.4, -0.2) is 135 Å². The van der Waals surface area contributed by atoms with Gasteiger partial charge in [0.05, 0.1) is 31.1 Å². The topological polar surface area (TPSA) is 287 Å². The summed E-state index contributed by atoms with van der Waals surface area (Å²) >= 11 is 0. The molecule has 16 N–H and O–H groups in total. The van der Waals surface area contributed by atoms with E-state index in [9.17, 15) is 35.7 Å². The Morgan fingerprint density at radius 2 is 1.67 bits per heavy atom. The molecule has 0 aromatic heterocycles. The number of ether oxygens (including phenoxy) is 4. The van der Waals surface area contributed by atoms with Crippen LogP contribution in [0.1, 0.15) is 26.7 Å². The van der Waals surface area contributed by atoms with Crippen LogP contribution in [0.3, 0.4) is 0 Å². The Morgan fingerprint density at radius 1 is 1.06 bits per heavy atom. The van der Waals surface area contributed by atoms with Crippen LogP contribution in [0.25, 0.3) is 0 Å². The number of aliphatic hydroxyl groups is 7. The van der Waals surface area contributed by atoms with Gasteiger partial charge in [-0.25, -0.2) is 0 Å². The SMILES string of the molecule is C[NH2+][C@@H]1[C@@H](O)[C@@H](O[C@@H]2[C@@H](O)[C@H](O[C@H]3O[C@H](C(C)O)[C@@H](O)[C@H](O)[C@H]3O)CC[C@H]2[NH3+])OC[C@]1(C)O.NN=[NH2+]. The van der Waals surface area contributed by atoms with Gasteiger partial charge in [0.2, 0.25) is 0 Å². The fourth-order valence-electron chi connectivity index (χ4n) is 4.91. The number of nitrogens with two attached hydrogens (primary N) is 3. The number of rotatable bonds is 6. The molecule has 0 aromatic carbocycles. The molecule has 0 radical (unpaired) electrons. The lowest BCUT2D eigenvalue weighted by Crippen LogP contribution is -2.96. The van der Waals surface area contributed by atoms with E-state index in [4.69, 9.17) is 18.9 Å². The normalized spacial score (nSPS) is 48.4. The van der Waals surface area contributed by atoms with E-state index in [-0.39, 0.29) is 12.6 Å². The van der Waals surface area contributed by atoms with Gasteiger partial charge in [-0.15, -0.1) is 0 Å². The summed E-state index contributed by atoms with van der Waals surface area (Å²) < 4.78 is 22.7. The molecule has 0 amide bonds. The molecule has 3 rings (SSSR count). The Labute approximate surface area is 208 Å². The number of quaternary nitrogens is 2. The Balaban J connectivity index is 0.00000145. The lowest BCUT2D eigenvalue weighted by Gasteiger charge is -2.46. The van der Waals surface area contributed by atoms with Gasteiger partial charge >= 0.3 is 0 Å². The second-order valence-corrected chi connectivity index (χ2v) is 9.82. The summed E-state index contributed by atoms with van der Waals surface area (Å²) in [5, 5.41) is 76.5. The Bertz CT molecular complexity index is 692. The van der Waals surface area contributed by atoms with Crippen molar-refractivity contribution >= 4 is 0 Å². The lowest BCUT2D eigenvalue weighted by molar-refractivity contribution is -0.695. The zero-order valence-corrected chi connectivity index (χ0v) is 20.8. The van der Waals surface area contributed by atoms with Gasteiger partial charge in [0, 0.05) is 6.42 Å². The van der Waals surface area contributed by atoms with E-state index in [0.29, 0.717) is 12.8 Å². The number of hydrogen-bond acceptors (Lipinski definition) is 12. The van der Waals surface area contributed by atoms with Crippen LogP contribution >= 0.6 is 0 Å². The zero-order valence-electron chi connectivity index (χ0n) is 20.8. The molecular weight excluding hydrogens is 486 g/mol. The van der Waals surface area contributed by atoms with Gasteiger partial charge in [-0.2, -0.15) is 11.4 Å². The highest BCUT2D eigenvalue weighted by Gasteiger charge is 2.53. The second-order valence-electron chi connectivity index (χ2n) is 9.82. The minimum absolute atomic E-state index is 0.0721. The Hall–Kier alpha value is -1.12. The predicted octanol–water partition coefficient (Wildman–Crippen LogP) is -8.19. The van der Waals surface area contributed by atoms with Gasteiger partial charge in [-0.3, -0.25) is 0 Å². The molecule has 1 aliphatic carbocycles. The maximum Gasteiger partial charge on any atom is 0.190 e. The molecule has 1 saturated carbocycles. The molecule has 0 aromatic rings. The van der Waals surface area contributed by atoms with Gasteiger partial charge in [-0.05, 0) is 20.3 Å². The molecule has 36 heavy (non-hydrogen) atoms. The highest BCUT2D eigenvalue weighted by Crippen LogP contribution is 2.31. The van der Waals surface area contributed by atoms with Crippen molar-refractivity contribution in [2.24, 2.45) is 11.1 Å². The molecule has 14 atom stereocenters. The summed E-state index contributed by atoms with van der Waals surface area (Å²) in [5.74, 6) is 4.25. The highest BCUT2D eigenvalue weighted by atomic mass is 16.7. The molecule has 16 nitrogen and oxygen atoms in total. The summed E-state index contributed by atoms with van der Waals surface area (Å²) in [5.41, 5.74) is 7.00. The van der Waals surface area contributed by atoms with Crippen molar-refractivity contribution in [3.63, 3.8) is 0 Å². The van der Waals surface area contributed by atoms with E-state index in [0.717, 1.165) is 0 Å². The first-order chi connectivity index (χ1) is 16.8. The first-order valence-corrected chi connectivity index (χ1v) is 11.9. The first kappa shape index (κ1) is 31.1. The molecule has 16 heteroatoms. The van der Waals surface area contributed by atoms with E-state index >= 15 is 0 Å². The Kier molecular flexibility index (Phi) is 11.3. The maximum atomic E-state index is 11.0. The maximum absolute atomic E-state index is 11.0. The molecule has 2 heterocycles. The summed E-state index contributed by atoms with van der Waals surface area (Å²) in [4.78, 5) is 0. The fourth-order valence-corrected chi connectivity index (χ4v) is 4.91. The van der Waals surface area contributed by atoms with Crippen LogP contribution < -0.4 is 22.4 Å². The van der Waals surface area contributed by atoms with Gasteiger partial charge in [0.1, 0.15) is 54.3 Å². The molecule has 3 aliphatic rings. The van der Waals surface area contributed by atoms with E-state index in [1.165, 1.54) is 6.92 Å². The van der Waals surface area contributed by atoms with E-state index in [1.54, 1.807) is 19.3 Å². The molecule has 2 aliphatic heterocycles. The van der Waals surface area contributed by atoms with Gasteiger partial charge in [0.25, 0.3) is 0 Å². The first-order valence-electron chi connectivity index (χ1n) is 11.9. The minimum atomic E-state index is -1.61. The number of aliphatic hydroxyl groups excluding tert-OH is 6. The number of nitrogens with zero attached hydrogens (tertiary/aromatic N) is 1. The largest absolute Gasteiger partial charge is 0.391 e. The molecule has 0 spiro atoms. The molecular formula is C20H44N5O11+3. The van der Waals surface area contributed by atoms with E-state index in [1.807, 2.05) is 0 Å². The summed E-state index contributed by atoms with van der Waals surface area (Å²) in [6.45, 7) is 2.86. The van der Waals surface area contributed by atoms with Crippen molar-refractivity contribution in [3.05, 3.63) is 0 Å².